The van der Waals surface area contributed by atoms with E-state index < -0.39 is 0 Å². The third-order valence-electron chi connectivity index (χ3n) is 4.12. The van der Waals surface area contributed by atoms with Crippen LogP contribution in [0.15, 0.2) is 30.5 Å². The molecular formula is C17H25N5OS. The second-order valence-corrected chi connectivity index (χ2v) is 6.79. The van der Waals surface area contributed by atoms with Crippen LogP contribution in [0.4, 0.5) is 5.82 Å². The van der Waals surface area contributed by atoms with Gasteiger partial charge in [0.15, 0.2) is 5.82 Å². The minimum atomic E-state index is -0.0996. The molecule has 1 saturated heterocycles. The normalized spacial score (nSPS) is 16.7. The molecule has 0 bridgehead atoms. The molecule has 2 heterocycles. The monoisotopic (exact) mass is 347 g/mol. The number of ether oxygens (including phenoxy) is 1. The largest absolute Gasteiger partial charge is 0.492 e. The van der Waals surface area contributed by atoms with Crippen molar-refractivity contribution in [1.82, 2.24) is 13.6 Å². The summed E-state index contributed by atoms with van der Waals surface area (Å²) in [5.74, 6) is 1.65. The second kappa shape index (κ2) is 8.96. The third kappa shape index (κ3) is 5.43. The van der Waals surface area contributed by atoms with Gasteiger partial charge < -0.3 is 15.8 Å². The number of anilines is 1. The summed E-state index contributed by atoms with van der Waals surface area (Å²) in [5, 5.41) is 3.15. The van der Waals surface area contributed by atoms with Crippen molar-refractivity contribution in [1.29, 1.82) is 0 Å². The number of nitrogens with one attached hydrogen (secondary N) is 1. The molecule has 3 rings (SSSR count). The summed E-state index contributed by atoms with van der Waals surface area (Å²) >= 11 is 1.18. The lowest BCUT2D eigenvalue weighted by Gasteiger charge is -2.26. The standard InChI is InChI=1S/C17H25N5OS/c18-15(10-19-17-11-20-24-21-17)13-23-16-6-4-5-14(9-16)12-22-7-2-1-3-8-22/h4-6,9,11,15H,1-3,7-8,10,12-13,18H2,(H,19,21). The Balaban J connectivity index is 1.43. The van der Waals surface area contributed by atoms with Crippen LogP contribution in [-0.4, -0.2) is 45.9 Å². The number of hydrogen-bond acceptors (Lipinski definition) is 7. The highest BCUT2D eigenvalue weighted by atomic mass is 32.1. The fourth-order valence-electron chi connectivity index (χ4n) is 2.85. The molecule has 1 atom stereocenters. The molecule has 3 N–H and O–H groups in total. The summed E-state index contributed by atoms with van der Waals surface area (Å²) in [6.07, 6.45) is 5.68. The number of nitrogens with zero attached hydrogens (tertiary/aromatic N) is 3. The highest BCUT2D eigenvalue weighted by molar-refractivity contribution is 6.99. The summed E-state index contributed by atoms with van der Waals surface area (Å²) in [7, 11) is 0. The van der Waals surface area contributed by atoms with Gasteiger partial charge in [-0.25, -0.2) is 0 Å². The summed E-state index contributed by atoms with van der Waals surface area (Å²) in [6, 6.07) is 8.23. The zero-order valence-electron chi connectivity index (χ0n) is 13.9. The Bertz CT molecular complexity index is 601. The van der Waals surface area contributed by atoms with Crippen LogP contribution in [0, 0.1) is 0 Å². The van der Waals surface area contributed by atoms with E-state index in [1.165, 1.54) is 49.6 Å². The lowest BCUT2D eigenvalue weighted by Crippen LogP contribution is -2.35. The predicted molar refractivity (Wildman–Crippen MR) is 97.4 cm³/mol. The van der Waals surface area contributed by atoms with Crippen molar-refractivity contribution in [3.8, 4) is 5.75 Å². The third-order valence-corrected chi connectivity index (χ3v) is 4.60. The lowest BCUT2D eigenvalue weighted by atomic mass is 10.1. The first-order chi connectivity index (χ1) is 11.8. The van der Waals surface area contributed by atoms with E-state index >= 15 is 0 Å². The van der Waals surface area contributed by atoms with E-state index in [4.69, 9.17) is 10.5 Å². The maximum atomic E-state index is 6.09. The van der Waals surface area contributed by atoms with Crippen molar-refractivity contribution < 1.29 is 4.74 Å². The quantitative estimate of drug-likeness (QED) is 0.763. The van der Waals surface area contributed by atoms with E-state index in [0.29, 0.717) is 13.2 Å². The average molecular weight is 347 g/mol. The van der Waals surface area contributed by atoms with Gasteiger partial charge in [-0.1, -0.05) is 18.6 Å². The molecule has 0 saturated carbocycles. The van der Waals surface area contributed by atoms with E-state index in [1.807, 2.05) is 6.07 Å². The van der Waals surface area contributed by atoms with Gasteiger partial charge in [0.1, 0.15) is 12.4 Å². The Hall–Kier alpha value is -1.70. The molecule has 0 radical (unpaired) electrons. The van der Waals surface area contributed by atoms with Gasteiger partial charge in [0.25, 0.3) is 0 Å². The fourth-order valence-corrected chi connectivity index (χ4v) is 3.24. The summed E-state index contributed by atoms with van der Waals surface area (Å²) in [6.45, 7) is 4.48. The van der Waals surface area contributed by atoms with Gasteiger partial charge in [0, 0.05) is 13.1 Å². The Morgan fingerprint density at radius 3 is 2.96 bits per heavy atom. The molecule has 0 amide bonds. The van der Waals surface area contributed by atoms with Gasteiger partial charge in [-0.3, -0.25) is 4.90 Å². The maximum absolute atomic E-state index is 6.09. The Morgan fingerprint density at radius 1 is 1.29 bits per heavy atom. The highest BCUT2D eigenvalue weighted by Crippen LogP contribution is 2.17. The maximum Gasteiger partial charge on any atom is 0.160 e. The Morgan fingerprint density at radius 2 is 2.17 bits per heavy atom. The van der Waals surface area contributed by atoms with E-state index in [2.05, 4.69) is 37.2 Å². The molecule has 7 heteroatoms. The van der Waals surface area contributed by atoms with Gasteiger partial charge in [-0.2, -0.15) is 8.75 Å². The van der Waals surface area contributed by atoms with E-state index in [1.54, 1.807) is 6.20 Å². The minimum absolute atomic E-state index is 0.0996. The topological polar surface area (TPSA) is 76.3 Å². The molecule has 2 aromatic rings. The zero-order valence-corrected chi connectivity index (χ0v) is 14.7. The lowest BCUT2D eigenvalue weighted by molar-refractivity contribution is 0.220. The van der Waals surface area contributed by atoms with Crippen LogP contribution >= 0.6 is 11.7 Å². The number of rotatable bonds is 8. The molecule has 1 fully saturated rings. The van der Waals surface area contributed by atoms with Crippen LogP contribution in [0.3, 0.4) is 0 Å². The van der Waals surface area contributed by atoms with E-state index in [9.17, 15) is 0 Å². The second-order valence-electron chi connectivity index (χ2n) is 6.23. The van der Waals surface area contributed by atoms with Crippen LogP contribution in [0.25, 0.3) is 0 Å². The van der Waals surface area contributed by atoms with Crippen LogP contribution in [-0.2, 0) is 6.54 Å². The number of benzene rings is 1. The van der Waals surface area contributed by atoms with Crippen molar-refractivity contribution in [2.45, 2.75) is 31.8 Å². The Labute approximate surface area is 147 Å². The summed E-state index contributed by atoms with van der Waals surface area (Å²) < 4.78 is 13.9. The molecule has 130 valence electrons. The van der Waals surface area contributed by atoms with Gasteiger partial charge in [-0.15, -0.1) is 0 Å². The first-order valence-corrected chi connectivity index (χ1v) is 9.24. The SMILES string of the molecule is NC(CNc1cnsn1)COc1cccc(CN2CCCCC2)c1. The number of likely N-dealkylation sites (tertiary alicyclic amines) is 1. The van der Waals surface area contributed by atoms with Crippen molar-refractivity contribution >= 4 is 17.5 Å². The average Bonchev–Trinajstić information content (AvgIpc) is 3.13. The molecule has 6 nitrogen and oxygen atoms in total. The molecule has 1 aromatic heterocycles. The molecule has 0 spiro atoms. The van der Waals surface area contributed by atoms with Gasteiger partial charge >= 0.3 is 0 Å². The molecule has 1 aromatic carbocycles. The van der Waals surface area contributed by atoms with Crippen molar-refractivity contribution in [2.75, 3.05) is 31.6 Å². The molecule has 1 aliphatic rings. The summed E-state index contributed by atoms with van der Waals surface area (Å²) in [4.78, 5) is 2.51. The van der Waals surface area contributed by atoms with E-state index in [0.717, 1.165) is 18.1 Å². The highest BCUT2D eigenvalue weighted by Gasteiger charge is 2.11. The molecule has 0 aliphatic carbocycles. The number of piperidine rings is 1. The van der Waals surface area contributed by atoms with Gasteiger partial charge in [0.2, 0.25) is 0 Å². The Kier molecular flexibility index (Phi) is 6.40. The minimum Gasteiger partial charge on any atom is -0.492 e. The first-order valence-electron chi connectivity index (χ1n) is 8.51. The van der Waals surface area contributed by atoms with Crippen molar-refractivity contribution in [2.24, 2.45) is 5.73 Å². The predicted octanol–water partition coefficient (Wildman–Crippen LogP) is 2.34. The van der Waals surface area contributed by atoms with Crippen LogP contribution in [0.5, 0.6) is 5.75 Å². The molecule has 24 heavy (non-hydrogen) atoms. The fraction of sp³-hybridized carbons (Fsp3) is 0.529. The van der Waals surface area contributed by atoms with Crippen molar-refractivity contribution in [3.63, 3.8) is 0 Å². The smallest absolute Gasteiger partial charge is 0.160 e. The zero-order chi connectivity index (χ0) is 16.6. The van der Waals surface area contributed by atoms with Crippen LogP contribution in [0.1, 0.15) is 24.8 Å². The number of hydrogen-bond donors (Lipinski definition) is 2. The van der Waals surface area contributed by atoms with E-state index in [-0.39, 0.29) is 6.04 Å². The van der Waals surface area contributed by atoms with Crippen LogP contribution in [0.2, 0.25) is 0 Å². The molecule has 1 aliphatic heterocycles. The summed E-state index contributed by atoms with van der Waals surface area (Å²) in [5.41, 5.74) is 7.39. The van der Waals surface area contributed by atoms with Gasteiger partial charge in [-0.05, 0) is 43.6 Å². The van der Waals surface area contributed by atoms with Crippen LogP contribution < -0.4 is 15.8 Å². The van der Waals surface area contributed by atoms with Crippen molar-refractivity contribution in [3.05, 3.63) is 36.0 Å². The molecular weight excluding hydrogens is 322 g/mol. The molecule has 1 unspecified atom stereocenters. The first kappa shape index (κ1) is 17.1. The number of nitrogens with two attached hydrogens (primary N) is 1. The van der Waals surface area contributed by atoms with Gasteiger partial charge in [0.05, 0.1) is 24.0 Å². The number of aromatic nitrogens is 2.